The van der Waals surface area contributed by atoms with Crippen molar-refractivity contribution in [3.8, 4) is 0 Å². The largest absolute Gasteiger partial charge is 0.453 e. The van der Waals surface area contributed by atoms with Gasteiger partial charge in [0.25, 0.3) is 0 Å². The average Bonchev–Trinajstić information content (AvgIpc) is 2.29. The van der Waals surface area contributed by atoms with Gasteiger partial charge in [0.2, 0.25) is 0 Å². The first-order valence-corrected chi connectivity index (χ1v) is 5.17. The van der Waals surface area contributed by atoms with E-state index >= 15 is 0 Å². The van der Waals surface area contributed by atoms with E-state index in [9.17, 15) is 0 Å². The maximum Gasteiger partial charge on any atom is 0.150 e. The van der Waals surface area contributed by atoms with E-state index in [1.54, 1.807) is 12.2 Å². The van der Waals surface area contributed by atoms with E-state index in [-0.39, 0.29) is 0 Å². The highest BCUT2D eigenvalue weighted by Crippen LogP contribution is 2.23. The summed E-state index contributed by atoms with van der Waals surface area (Å²) in [6.45, 7) is 11.2. The quantitative estimate of drug-likeness (QED) is 0.727. The maximum atomic E-state index is 5.75. The van der Waals surface area contributed by atoms with Crippen molar-refractivity contribution in [2.75, 3.05) is 0 Å². The lowest BCUT2D eigenvalue weighted by atomic mass is 10.2. The Bertz CT molecular complexity index is 408. The molecule has 0 radical (unpaired) electrons. The SMILES string of the molecule is C=C/C=C\C1=C(C)NC(=C/C)/C(=C\C=C)O1. The normalized spacial score (nSPS) is 21.1. The summed E-state index contributed by atoms with van der Waals surface area (Å²) in [6, 6.07) is 0. The molecule has 0 aromatic heterocycles. The van der Waals surface area contributed by atoms with Gasteiger partial charge in [0, 0.05) is 0 Å². The number of ether oxygens (including phenoxy) is 1. The summed E-state index contributed by atoms with van der Waals surface area (Å²) in [5.74, 6) is 1.56. The lowest BCUT2D eigenvalue weighted by Crippen LogP contribution is -2.21. The van der Waals surface area contributed by atoms with Crippen LogP contribution < -0.4 is 5.32 Å². The van der Waals surface area contributed by atoms with Crippen LogP contribution in [0.3, 0.4) is 0 Å². The summed E-state index contributed by atoms with van der Waals surface area (Å²) in [7, 11) is 0. The third kappa shape index (κ3) is 2.76. The van der Waals surface area contributed by atoms with Crippen LogP contribution in [0.15, 0.2) is 72.5 Å². The predicted octanol–water partition coefficient (Wildman–Crippen LogP) is 3.55. The molecule has 1 rings (SSSR count). The molecule has 0 amide bonds. The first kappa shape index (κ1) is 12.1. The fourth-order valence-electron chi connectivity index (χ4n) is 1.33. The van der Waals surface area contributed by atoms with Crippen molar-refractivity contribution in [1.82, 2.24) is 5.32 Å². The van der Waals surface area contributed by atoms with Gasteiger partial charge in [0.05, 0.1) is 11.4 Å². The standard InChI is InChI=1S/C14H17NO/c1-5-8-10-13-11(4)15-12(7-3)14(16-13)9-6-2/h5-10,15H,1-2H2,3-4H3/b10-8-,12-7+,14-9+. The smallest absolute Gasteiger partial charge is 0.150 e. The summed E-state index contributed by atoms with van der Waals surface area (Å²) in [5.41, 5.74) is 1.93. The van der Waals surface area contributed by atoms with Crippen LogP contribution in [0.25, 0.3) is 0 Å². The fraction of sp³-hybridized carbons (Fsp3) is 0.143. The highest BCUT2D eigenvalue weighted by Gasteiger charge is 2.15. The molecule has 0 aromatic rings. The van der Waals surface area contributed by atoms with Gasteiger partial charge in [0.15, 0.2) is 5.76 Å². The van der Waals surface area contributed by atoms with E-state index in [2.05, 4.69) is 18.5 Å². The van der Waals surface area contributed by atoms with Gasteiger partial charge in [-0.15, -0.1) is 0 Å². The second-order valence-corrected chi connectivity index (χ2v) is 3.28. The minimum atomic E-state index is 0.770. The molecule has 0 aromatic carbocycles. The number of allylic oxidation sites excluding steroid dienone is 7. The van der Waals surface area contributed by atoms with Gasteiger partial charge in [-0.1, -0.05) is 37.5 Å². The highest BCUT2D eigenvalue weighted by atomic mass is 16.5. The van der Waals surface area contributed by atoms with Gasteiger partial charge < -0.3 is 10.1 Å². The summed E-state index contributed by atoms with van der Waals surface area (Å²) in [6.07, 6.45) is 10.9. The second kappa shape index (κ2) is 5.81. The Labute approximate surface area is 97.0 Å². The van der Waals surface area contributed by atoms with Crippen molar-refractivity contribution in [2.24, 2.45) is 0 Å². The van der Waals surface area contributed by atoms with Crippen LogP contribution in [0, 0.1) is 0 Å². The van der Waals surface area contributed by atoms with Crippen LogP contribution in [-0.4, -0.2) is 0 Å². The lowest BCUT2D eigenvalue weighted by molar-refractivity contribution is 0.303. The van der Waals surface area contributed by atoms with Crippen molar-refractivity contribution in [2.45, 2.75) is 13.8 Å². The zero-order valence-corrected chi connectivity index (χ0v) is 9.79. The second-order valence-electron chi connectivity index (χ2n) is 3.28. The molecule has 0 bridgehead atoms. The number of rotatable bonds is 3. The Kier molecular flexibility index (Phi) is 4.40. The Morgan fingerprint density at radius 2 is 2.00 bits per heavy atom. The molecule has 0 fully saturated rings. The van der Waals surface area contributed by atoms with Crippen molar-refractivity contribution >= 4 is 0 Å². The Morgan fingerprint density at radius 1 is 1.25 bits per heavy atom. The summed E-state index contributed by atoms with van der Waals surface area (Å²) in [5, 5.41) is 3.27. The number of nitrogens with one attached hydrogen (secondary N) is 1. The Balaban J connectivity index is 3.06. The minimum Gasteiger partial charge on any atom is -0.453 e. The number of hydrogen-bond donors (Lipinski definition) is 1. The van der Waals surface area contributed by atoms with Gasteiger partial charge in [-0.05, 0) is 26.0 Å². The molecule has 2 heteroatoms. The molecule has 0 spiro atoms. The van der Waals surface area contributed by atoms with Gasteiger partial charge in [0.1, 0.15) is 5.76 Å². The summed E-state index contributed by atoms with van der Waals surface area (Å²) < 4.78 is 5.75. The van der Waals surface area contributed by atoms with E-state index in [0.717, 1.165) is 22.9 Å². The first-order valence-electron chi connectivity index (χ1n) is 5.17. The monoisotopic (exact) mass is 215 g/mol. The van der Waals surface area contributed by atoms with Crippen LogP contribution in [-0.2, 0) is 4.74 Å². The minimum absolute atomic E-state index is 0.770. The molecule has 1 heterocycles. The van der Waals surface area contributed by atoms with Gasteiger partial charge in [-0.25, -0.2) is 0 Å². The molecule has 84 valence electrons. The topological polar surface area (TPSA) is 21.3 Å². The molecule has 1 aliphatic heterocycles. The molecule has 1 N–H and O–H groups in total. The van der Waals surface area contributed by atoms with Crippen LogP contribution in [0.2, 0.25) is 0 Å². The van der Waals surface area contributed by atoms with E-state index in [1.165, 1.54) is 0 Å². The average molecular weight is 215 g/mol. The first-order chi connectivity index (χ1) is 7.72. The van der Waals surface area contributed by atoms with Crippen LogP contribution in [0.4, 0.5) is 0 Å². The molecule has 0 unspecified atom stereocenters. The van der Waals surface area contributed by atoms with Gasteiger partial charge >= 0.3 is 0 Å². The lowest BCUT2D eigenvalue weighted by Gasteiger charge is -2.23. The highest BCUT2D eigenvalue weighted by molar-refractivity contribution is 5.38. The predicted molar refractivity (Wildman–Crippen MR) is 68.3 cm³/mol. The van der Waals surface area contributed by atoms with Crippen molar-refractivity contribution in [3.63, 3.8) is 0 Å². The van der Waals surface area contributed by atoms with E-state index in [0.29, 0.717) is 0 Å². The van der Waals surface area contributed by atoms with E-state index < -0.39 is 0 Å². The maximum absolute atomic E-state index is 5.75. The van der Waals surface area contributed by atoms with Gasteiger partial charge in [-0.3, -0.25) is 0 Å². The van der Waals surface area contributed by atoms with Crippen molar-refractivity contribution in [1.29, 1.82) is 0 Å². The molecule has 2 nitrogen and oxygen atoms in total. The fourth-order valence-corrected chi connectivity index (χ4v) is 1.33. The molecule has 0 aliphatic carbocycles. The Hall–Kier alpha value is -1.96. The zero-order valence-electron chi connectivity index (χ0n) is 9.79. The zero-order chi connectivity index (χ0) is 12.0. The Morgan fingerprint density at radius 3 is 2.56 bits per heavy atom. The molecular weight excluding hydrogens is 198 g/mol. The van der Waals surface area contributed by atoms with Crippen molar-refractivity contribution in [3.05, 3.63) is 72.5 Å². The van der Waals surface area contributed by atoms with E-state index in [4.69, 9.17) is 4.74 Å². The van der Waals surface area contributed by atoms with Crippen LogP contribution in [0.5, 0.6) is 0 Å². The molecule has 16 heavy (non-hydrogen) atoms. The van der Waals surface area contributed by atoms with Crippen LogP contribution >= 0.6 is 0 Å². The third-order valence-corrected chi connectivity index (χ3v) is 2.12. The molecule has 0 saturated carbocycles. The summed E-state index contributed by atoms with van der Waals surface area (Å²) >= 11 is 0. The van der Waals surface area contributed by atoms with E-state index in [1.807, 2.05) is 38.2 Å². The number of hydrogen-bond acceptors (Lipinski definition) is 2. The molecule has 0 saturated heterocycles. The summed E-state index contributed by atoms with van der Waals surface area (Å²) in [4.78, 5) is 0. The molecule has 0 atom stereocenters. The third-order valence-electron chi connectivity index (χ3n) is 2.12. The van der Waals surface area contributed by atoms with Crippen molar-refractivity contribution < 1.29 is 4.74 Å². The molecule has 1 aliphatic rings. The van der Waals surface area contributed by atoms with Crippen LogP contribution in [0.1, 0.15) is 13.8 Å². The molecular formula is C14H17NO. The van der Waals surface area contributed by atoms with Gasteiger partial charge in [-0.2, -0.15) is 0 Å².